The van der Waals surface area contributed by atoms with Crippen LogP contribution < -0.4 is 5.43 Å². The Hall–Kier alpha value is -2.97. The molecule has 9 heteroatoms. The average molecular weight is 351 g/mol. The molecule has 0 saturated carbocycles. The molecule has 0 atom stereocenters. The van der Waals surface area contributed by atoms with Gasteiger partial charge in [-0.1, -0.05) is 12.8 Å². The minimum atomic E-state index is -0.600. The van der Waals surface area contributed by atoms with E-state index in [0.717, 1.165) is 25.1 Å². The number of hydrogen-bond acceptors (Lipinski definition) is 7. The monoisotopic (exact) mass is 351 g/mol. The topological polar surface area (TPSA) is 131 Å². The van der Waals surface area contributed by atoms with Gasteiger partial charge in [0.05, 0.1) is 23.8 Å². The van der Waals surface area contributed by atoms with Gasteiger partial charge < -0.3 is 9.84 Å². The third-order valence-electron chi connectivity index (χ3n) is 3.36. The number of benzene rings is 1. The summed E-state index contributed by atoms with van der Waals surface area (Å²) >= 11 is 0. The predicted molar refractivity (Wildman–Crippen MR) is 90.2 cm³/mol. The first kappa shape index (κ1) is 20.1. The summed E-state index contributed by atoms with van der Waals surface area (Å²) in [6.07, 6.45) is 4.73. The molecular weight excluding hydrogens is 330 g/mol. The fourth-order valence-corrected chi connectivity index (χ4v) is 2.05. The number of methoxy groups -OCH3 is 1. The Morgan fingerprint density at radius 2 is 1.96 bits per heavy atom. The smallest absolute Gasteiger partial charge is 0.305 e. The molecule has 9 nitrogen and oxygen atoms in total. The number of esters is 1. The van der Waals surface area contributed by atoms with Crippen molar-refractivity contribution < 1.29 is 24.4 Å². The number of nitro groups is 1. The fourth-order valence-electron chi connectivity index (χ4n) is 2.05. The molecule has 0 fully saturated rings. The number of nitrogens with zero attached hydrogens (tertiary/aromatic N) is 2. The molecule has 1 aromatic rings. The fraction of sp³-hybridized carbons (Fsp3) is 0.438. The Labute approximate surface area is 144 Å². The van der Waals surface area contributed by atoms with Crippen molar-refractivity contribution in [1.29, 1.82) is 0 Å². The van der Waals surface area contributed by atoms with Crippen molar-refractivity contribution in [2.75, 3.05) is 7.11 Å². The number of phenols is 1. The number of hydrogen-bond donors (Lipinski definition) is 2. The predicted octanol–water partition coefficient (Wildman–Crippen LogP) is 2.26. The van der Waals surface area contributed by atoms with Crippen LogP contribution >= 0.6 is 0 Å². The highest BCUT2D eigenvalue weighted by Crippen LogP contribution is 2.21. The molecule has 1 aromatic carbocycles. The molecule has 0 saturated heterocycles. The number of carbonyl (C=O) groups excluding carboxylic acids is 2. The van der Waals surface area contributed by atoms with Crippen molar-refractivity contribution in [3.05, 3.63) is 33.9 Å². The number of ether oxygens (including phenoxy) is 1. The van der Waals surface area contributed by atoms with Gasteiger partial charge in [0.25, 0.3) is 5.69 Å². The summed E-state index contributed by atoms with van der Waals surface area (Å²) in [6.45, 7) is 0. The van der Waals surface area contributed by atoms with Crippen LogP contribution in [0.3, 0.4) is 0 Å². The Morgan fingerprint density at radius 1 is 1.28 bits per heavy atom. The summed E-state index contributed by atoms with van der Waals surface area (Å²) in [5.41, 5.74) is 2.16. The van der Waals surface area contributed by atoms with Gasteiger partial charge in [-0.3, -0.25) is 19.7 Å². The molecule has 0 aromatic heterocycles. The first-order valence-corrected chi connectivity index (χ1v) is 7.80. The van der Waals surface area contributed by atoms with Crippen LogP contribution in [0.25, 0.3) is 0 Å². The lowest BCUT2D eigenvalue weighted by Gasteiger charge is -2.02. The Morgan fingerprint density at radius 3 is 2.60 bits per heavy atom. The molecule has 0 radical (unpaired) electrons. The molecule has 25 heavy (non-hydrogen) atoms. The van der Waals surface area contributed by atoms with Gasteiger partial charge in [-0.05, 0) is 25.0 Å². The summed E-state index contributed by atoms with van der Waals surface area (Å²) in [7, 11) is 1.35. The molecule has 1 rings (SSSR count). The number of amides is 1. The molecule has 0 aliphatic rings. The van der Waals surface area contributed by atoms with Gasteiger partial charge in [-0.25, -0.2) is 5.43 Å². The zero-order valence-corrected chi connectivity index (χ0v) is 13.9. The maximum Gasteiger partial charge on any atom is 0.305 e. The van der Waals surface area contributed by atoms with Crippen LogP contribution in [-0.2, 0) is 14.3 Å². The third-order valence-corrected chi connectivity index (χ3v) is 3.36. The molecule has 0 bridgehead atoms. The number of hydrazone groups is 1. The van der Waals surface area contributed by atoms with Crippen LogP contribution in [0.2, 0.25) is 0 Å². The van der Waals surface area contributed by atoms with Crippen LogP contribution in [0.4, 0.5) is 5.69 Å². The Kier molecular flexibility index (Phi) is 8.62. The first-order valence-electron chi connectivity index (χ1n) is 7.80. The van der Waals surface area contributed by atoms with E-state index in [2.05, 4.69) is 15.3 Å². The average Bonchev–Trinajstić information content (AvgIpc) is 2.57. The van der Waals surface area contributed by atoms with E-state index in [1.165, 1.54) is 19.2 Å². The molecule has 0 unspecified atom stereocenters. The lowest BCUT2D eigenvalue weighted by atomic mass is 10.1. The van der Waals surface area contributed by atoms with E-state index >= 15 is 0 Å². The van der Waals surface area contributed by atoms with E-state index in [1.54, 1.807) is 0 Å². The van der Waals surface area contributed by atoms with E-state index in [1.807, 2.05) is 0 Å². The van der Waals surface area contributed by atoms with E-state index in [4.69, 9.17) is 0 Å². The maximum atomic E-state index is 11.6. The molecule has 136 valence electrons. The molecular formula is C16H21N3O6. The van der Waals surface area contributed by atoms with Crippen LogP contribution in [0.5, 0.6) is 5.75 Å². The van der Waals surface area contributed by atoms with Gasteiger partial charge >= 0.3 is 5.97 Å². The number of phenolic OH excluding ortho intramolecular Hbond substituents is 1. The van der Waals surface area contributed by atoms with E-state index in [0.29, 0.717) is 19.3 Å². The normalized spacial score (nSPS) is 10.6. The van der Waals surface area contributed by atoms with Gasteiger partial charge in [0.2, 0.25) is 5.91 Å². The second kappa shape index (κ2) is 10.7. The minimum Gasteiger partial charge on any atom is -0.508 e. The van der Waals surface area contributed by atoms with Gasteiger partial charge in [0.15, 0.2) is 0 Å². The standard InChI is InChI=1S/C16H21N3O6/c1-25-16(22)7-5-3-2-4-6-15(21)18-17-11-12-10-13(20)8-9-14(12)19(23)24/h8-11,20H,2-7H2,1H3,(H,18,21)/b17-11+. The van der Waals surface area contributed by atoms with Crippen molar-refractivity contribution >= 4 is 23.8 Å². The first-order chi connectivity index (χ1) is 11.9. The maximum absolute atomic E-state index is 11.6. The molecule has 0 aliphatic heterocycles. The molecule has 0 spiro atoms. The lowest BCUT2D eigenvalue weighted by molar-refractivity contribution is -0.385. The Balaban J connectivity index is 2.32. The van der Waals surface area contributed by atoms with Crippen molar-refractivity contribution in [2.45, 2.75) is 38.5 Å². The van der Waals surface area contributed by atoms with Gasteiger partial charge in [-0.15, -0.1) is 0 Å². The zero-order valence-electron chi connectivity index (χ0n) is 13.9. The van der Waals surface area contributed by atoms with E-state index < -0.39 is 4.92 Å². The molecule has 2 N–H and O–H groups in total. The lowest BCUT2D eigenvalue weighted by Crippen LogP contribution is -2.17. The molecule has 1 amide bonds. The quantitative estimate of drug-likeness (QED) is 0.218. The van der Waals surface area contributed by atoms with Crippen LogP contribution in [0, 0.1) is 10.1 Å². The highest BCUT2D eigenvalue weighted by molar-refractivity contribution is 5.87. The van der Waals surface area contributed by atoms with Crippen LogP contribution in [0.15, 0.2) is 23.3 Å². The summed E-state index contributed by atoms with van der Waals surface area (Å²) in [4.78, 5) is 32.8. The SMILES string of the molecule is COC(=O)CCCCCCC(=O)N/N=C/c1cc(O)ccc1[N+](=O)[O-]. The molecule has 0 heterocycles. The van der Waals surface area contributed by atoms with Crippen LogP contribution in [-0.4, -0.2) is 35.2 Å². The highest BCUT2D eigenvalue weighted by atomic mass is 16.6. The van der Waals surface area contributed by atoms with Crippen molar-refractivity contribution in [1.82, 2.24) is 5.43 Å². The van der Waals surface area contributed by atoms with Crippen molar-refractivity contribution in [3.8, 4) is 5.75 Å². The summed E-state index contributed by atoms with van der Waals surface area (Å²) in [6, 6.07) is 3.55. The van der Waals surface area contributed by atoms with Crippen molar-refractivity contribution in [3.63, 3.8) is 0 Å². The third kappa shape index (κ3) is 7.91. The van der Waals surface area contributed by atoms with E-state index in [9.17, 15) is 24.8 Å². The largest absolute Gasteiger partial charge is 0.508 e. The number of unbranched alkanes of at least 4 members (excludes halogenated alkanes) is 3. The number of aromatic hydroxyl groups is 1. The Bertz CT molecular complexity index is 645. The number of nitro benzene ring substituents is 1. The minimum absolute atomic E-state index is 0.0908. The second-order valence-electron chi connectivity index (χ2n) is 5.28. The number of nitrogens with one attached hydrogen (secondary N) is 1. The summed E-state index contributed by atoms with van der Waals surface area (Å²) in [5.74, 6) is -0.689. The summed E-state index contributed by atoms with van der Waals surface area (Å²) in [5, 5.41) is 23.9. The zero-order chi connectivity index (χ0) is 18.7. The van der Waals surface area contributed by atoms with Gasteiger partial charge in [0, 0.05) is 18.9 Å². The second-order valence-corrected chi connectivity index (χ2v) is 5.28. The number of rotatable bonds is 10. The number of carbonyl (C=O) groups is 2. The van der Waals surface area contributed by atoms with E-state index in [-0.39, 0.29) is 35.3 Å². The molecule has 0 aliphatic carbocycles. The highest BCUT2D eigenvalue weighted by Gasteiger charge is 2.12. The summed E-state index contributed by atoms with van der Waals surface area (Å²) < 4.78 is 4.53. The van der Waals surface area contributed by atoms with Gasteiger partial charge in [0.1, 0.15) is 5.75 Å². The van der Waals surface area contributed by atoms with Gasteiger partial charge in [-0.2, -0.15) is 5.10 Å². The van der Waals surface area contributed by atoms with Crippen molar-refractivity contribution in [2.24, 2.45) is 5.10 Å². The van der Waals surface area contributed by atoms with Crippen LogP contribution in [0.1, 0.15) is 44.1 Å².